The first-order chi connectivity index (χ1) is 13.4. The first kappa shape index (κ1) is 20.4. The number of benzene rings is 2. The summed E-state index contributed by atoms with van der Waals surface area (Å²) in [6.07, 6.45) is 2.16. The maximum Gasteiger partial charge on any atom is 0.255 e. The Morgan fingerprint density at radius 1 is 1.14 bits per heavy atom. The van der Waals surface area contributed by atoms with Gasteiger partial charge in [-0.25, -0.2) is 8.42 Å². The van der Waals surface area contributed by atoms with Gasteiger partial charge in [-0.3, -0.25) is 4.79 Å². The number of phenols is 1. The smallest absolute Gasteiger partial charge is 0.255 e. The predicted molar refractivity (Wildman–Crippen MR) is 108 cm³/mol. The van der Waals surface area contributed by atoms with Crippen LogP contribution in [0.4, 0.5) is 0 Å². The zero-order valence-electron chi connectivity index (χ0n) is 16.0. The highest BCUT2D eigenvalue weighted by Gasteiger charge is 2.29. The number of aromatic hydroxyl groups is 1. The molecule has 2 aromatic rings. The van der Waals surface area contributed by atoms with Gasteiger partial charge in [0.2, 0.25) is 10.0 Å². The maximum atomic E-state index is 12.7. The van der Waals surface area contributed by atoms with Crippen molar-refractivity contribution in [2.45, 2.75) is 31.1 Å². The predicted octanol–water partition coefficient (Wildman–Crippen LogP) is 2.79. The second kappa shape index (κ2) is 8.75. The number of piperidine rings is 1. The van der Waals surface area contributed by atoms with Crippen LogP contribution in [0.1, 0.15) is 35.7 Å². The number of hydrogen-bond donors (Lipinski definition) is 2. The summed E-state index contributed by atoms with van der Waals surface area (Å²) in [5.74, 6) is -0.117. The van der Waals surface area contributed by atoms with E-state index in [1.807, 2.05) is 6.92 Å². The molecule has 1 heterocycles. The van der Waals surface area contributed by atoms with Gasteiger partial charge in [0, 0.05) is 19.6 Å². The van der Waals surface area contributed by atoms with Crippen molar-refractivity contribution < 1.29 is 18.3 Å². The summed E-state index contributed by atoms with van der Waals surface area (Å²) in [4.78, 5) is 12.7. The van der Waals surface area contributed by atoms with Crippen molar-refractivity contribution in [1.29, 1.82) is 0 Å². The molecule has 1 aliphatic heterocycles. The number of nitrogens with one attached hydrogen (secondary N) is 1. The van der Waals surface area contributed by atoms with Gasteiger partial charge in [0.1, 0.15) is 5.75 Å². The third kappa shape index (κ3) is 4.54. The molecule has 3 rings (SSSR count). The van der Waals surface area contributed by atoms with E-state index in [2.05, 4.69) is 5.32 Å². The van der Waals surface area contributed by atoms with Gasteiger partial charge in [0.05, 0.1) is 10.5 Å². The third-order valence-corrected chi connectivity index (χ3v) is 7.13. The van der Waals surface area contributed by atoms with Gasteiger partial charge in [-0.1, -0.05) is 31.2 Å². The van der Waals surface area contributed by atoms with Crippen molar-refractivity contribution in [1.82, 2.24) is 9.62 Å². The van der Waals surface area contributed by atoms with Crippen molar-refractivity contribution in [2.24, 2.45) is 5.92 Å². The maximum absolute atomic E-state index is 12.7. The second-order valence-electron chi connectivity index (χ2n) is 7.08. The highest BCUT2D eigenvalue weighted by atomic mass is 32.2. The molecule has 0 radical (unpaired) electrons. The molecule has 1 saturated heterocycles. The minimum Gasteiger partial charge on any atom is -0.507 e. The Morgan fingerprint density at radius 3 is 2.46 bits per heavy atom. The molecule has 2 N–H and O–H groups in total. The van der Waals surface area contributed by atoms with Crippen LogP contribution in [0.15, 0.2) is 53.4 Å². The normalized spacial score (nSPS) is 16.0. The summed E-state index contributed by atoms with van der Waals surface area (Å²) in [6, 6.07) is 13.5. The van der Waals surface area contributed by atoms with E-state index < -0.39 is 10.0 Å². The van der Waals surface area contributed by atoms with Crippen LogP contribution in [0.3, 0.4) is 0 Å². The van der Waals surface area contributed by atoms with E-state index in [9.17, 15) is 18.3 Å². The molecule has 6 nitrogen and oxygen atoms in total. The van der Waals surface area contributed by atoms with Crippen molar-refractivity contribution >= 4 is 15.9 Å². The molecule has 0 atom stereocenters. The lowest BCUT2D eigenvalue weighted by Crippen LogP contribution is -2.41. The Hall–Kier alpha value is -2.38. The van der Waals surface area contributed by atoms with Gasteiger partial charge < -0.3 is 10.4 Å². The Balaban J connectivity index is 1.54. The molecule has 2 aromatic carbocycles. The van der Waals surface area contributed by atoms with Crippen molar-refractivity contribution in [3.05, 3.63) is 59.7 Å². The molecule has 0 aromatic heterocycles. The molecule has 150 valence electrons. The minimum absolute atomic E-state index is 0.0292. The number of phenolic OH excluding ortho intramolecular Hbond substituents is 1. The van der Waals surface area contributed by atoms with E-state index >= 15 is 0 Å². The van der Waals surface area contributed by atoms with Crippen LogP contribution >= 0.6 is 0 Å². The molecule has 0 unspecified atom stereocenters. The van der Waals surface area contributed by atoms with Crippen molar-refractivity contribution in [3.63, 3.8) is 0 Å². The number of amides is 1. The van der Waals surface area contributed by atoms with Crippen LogP contribution in [0, 0.1) is 5.92 Å². The lowest BCUT2D eigenvalue weighted by atomic mass is 9.98. The molecular weight excluding hydrogens is 376 g/mol. The molecular formula is C21H26N2O4S. The van der Waals surface area contributed by atoms with Gasteiger partial charge in [-0.2, -0.15) is 4.31 Å². The highest BCUT2D eigenvalue weighted by molar-refractivity contribution is 7.89. The van der Waals surface area contributed by atoms with Gasteiger partial charge in [-0.05, 0) is 55.0 Å². The zero-order chi connectivity index (χ0) is 20.1. The van der Waals surface area contributed by atoms with E-state index in [4.69, 9.17) is 0 Å². The minimum atomic E-state index is -3.46. The van der Waals surface area contributed by atoms with Gasteiger partial charge >= 0.3 is 0 Å². The summed E-state index contributed by atoms with van der Waals surface area (Å²) in [7, 11) is -3.46. The summed E-state index contributed by atoms with van der Waals surface area (Å²) < 4.78 is 26.9. The molecule has 0 spiro atoms. The lowest BCUT2D eigenvalue weighted by Gasteiger charge is -2.31. The van der Waals surface area contributed by atoms with Gasteiger partial charge in [0.15, 0.2) is 0 Å². The SMILES string of the molecule is CCc1ccc(O)c(C(=O)NCC2CCN(S(=O)(=O)c3ccccc3)CC2)c1. The third-order valence-electron chi connectivity index (χ3n) is 5.22. The van der Waals surface area contributed by atoms with Gasteiger partial charge in [0.25, 0.3) is 5.91 Å². The molecule has 1 amide bonds. The van der Waals surface area contributed by atoms with Crippen molar-refractivity contribution in [2.75, 3.05) is 19.6 Å². The lowest BCUT2D eigenvalue weighted by molar-refractivity contribution is 0.0938. The first-order valence-electron chi connectivity index (χ1n) is 9.57. The number of rotatable bonds is 6. The number of hydrogen-bond acceptors (Lipinski definition) is 4. The standard InChI is InChI=1S/C21H26N2O4S/c1-2-16-8-9-20(24)19(14-16)21(25)22-15-17-10-12-23(13-11-17)28(26,27)18-6-4-3-5-7-18/h3-9,14,17,24H,2,10-13,15H2,1H3,(H,22,25). The molecule has 7 heteroatoms. The highest BCUT2D eigenvalue weighted by Crippen LogP contribution is 2.24. The Bertz CT molecular complexity index is 921. The molecule has 28 heavy (non-hydrogen) atoms. The molecule has 0 aliphatic carbocycles. The average molecular weight is 403 g/mol. The fourth-order valence-electron chi connectivity index (χ4n) is 3.41. The summed E-state index contributed by atoms with van der Waals surface area (Å²) in [5.41, 5.74) is 1.27. The summed E-state index contributed by atoms with van der Waals surface area (Å²) >= 11 is 0. The topological polar surface area (TPSA) is 86.7 Å². The fraction of sp³-hybridized carbons (Fsp3) is 0.381. The number of carbonyl (C=O) groups is 1. The Labute approximate surface area is 166 Å². The van der Waals surface area contributed by atoms with Crippen LogP contribution in [0.2, 0.25) is 0 Å². The summed E-state index contributed by atoms with van der Waals surface area (Å²) in [6.45, 7) is 3.34. The quantitative estimate of drug-likeness (QED) is 0.778. The van der Waals surface area contributed by atoms with Gasteiger partial charge in [-0.15, -0.1) is 0 Å². The van der Waals surface area contributed by atoms with E-state index in [1.54, 1.807) is 48.5 Å². The monoisotopic (exact) mass is 402 g/mol. The second-order valence-corrected chi connectivity index (χ2v) is 9.01. The van der Waals surface area contributed by atoms with E-state index in [0.29, 0.717) is 37.4 Å². The zero-order valence-corrected chi connectivity index (χ0v) is 16.8. The van der Waals surface area contributed by atoms with Crippen LogP contribution in [0.5, 0.6) is 5.75 Å². The van der Waals surface area contributed by atoms with E-state index in [1.165, 1.54) is 4.31 Å². The van der Waals surface area contributed by atoms with Crippen LogP contribution in [-0.4, -0.2) is 43.4 Å². The van der Waals surface area contributed by atoms with E-state index in [-0.39, 0.29) is 23.1 Å². The first-order valence-corrected chi connectivity index (χ1v) is 11.0. The summed E-state index contributed by atoms with van der Waals surface area (Å²) in [5, 5.41) is 12.8. The molecule has 0 bridgehead atoms. The number of carbonyl (C=O) groups excluding carboxylic acids is 1. The van der Waals surface area contributed by atoms with E-state index in [0.717, 1.165) is 12.0 Å². The van der Waals surface area contributed by atoms with Crippen LogP contribution in [-0.2, 0) is 16.4 Å². The molecule has 1 aliphatic rings. The number of aryl methyl sites for hydroxylation is 1. The van der Waals surface area contributed by atoms with Crippen LogP contribution < -0.4 is 5.32 Å². The number of sulfonamides is 1. The molecule has 1 fully saturated rings. The average Bonchev–Trinajstić information content (AvgIpc) is 2.73. The molecule has 0 saturated carbocycles. The largest absolute Gasteiger partial charge is 0.507 e. The number of nitrogens with zero attached hydrogens (tertiary/aromatic N) is 1. The Morgan fingerprint density at radius 2 is 1.82 bits per heavy atom. The fourth-order valence-corrected chi connectivity index (χ4v) is 4.90. The van der Waals surface area contributed by atoms with Crippen molar-refractivity contribution in [3.8, 4) is 5.75 Å². The van der Waals surface area contributed by atoms with Crippen LogP contribution in [0.25, 0.3) is 0 Å². The Kier molecular flexibility index (Phi) is 6.36.